The van der Waals surface area contributed by atoms with Gasteiger partial charge in [0.15, 0.2) is 0 Å². The van der Waals surface area contributed by atoms with Crippen LogP contribution in [0.2, 0.25) is 0 Å². The van der Waals surface area contributed by atoms with Gasteiger partial charge in [-0.2, -0.15) is 0 Å². The number of hydrogen-bond acceptors (Lipinski definition) is 4. The number of para-hydroxylation sites is 1. The van der Waals surface area contributed by atoms with Gasteiger partial charge >= 0.3 is 12.1 Å². The number of carbonyl (C=O) groups excluding carboxylic acids is 2. The summed E-state index contributed by atoms with van der Waals surface area (Å²) in [7, 11) is 1.38. The quantitative estimate of drug-likeness (QED) is 0.688. The van der Waals surface area contributed by atoms with Crippen molar-refractivity contribution in [3.63, 3.8) is 0 Å². The molecule has 0 heterocycles. The van der Waals surface area contributed by atoms with Crippen LogP contribution in [-0.2, 0) is 14.3 Å². The second-order valence-electron chi connectivity index (χ2n) is 7.24. The van der Waals surface area contributed by atoms with Gasteiger partial charge in [-0.1, -0.05) is 48.5 Å². The lowest BCUT2D eigenvalue weighted by atomic mass is 9.95. The number of methoxy groups -OCH3 is 1. The molecule has 27 heavy (non-hydrogen) atoms. The van der Waals surface area contributed by atoms with E-state index in [1.165, 1.54) is 7.11 Å². The Kier molecular flexibility index (Phi) is 6.99. The summed E-state index contributed by atoms with van der Waals surface area (Å²) >= 11 is 0. The van der Waals surface area contributed by atoms with E-state index in [9.17, 15) is 9.59 Å². The highest BCUT2D eigenvalue weighted by Crippen LogP contribution is 2.24. The van der Waals surface area contributed by atoms with Gasteiger partial charge in [0.25, 0.3) is 0 Å². The van der Waals surface area contributed by atoms with Crippen LogP contribution in [0.1, 0.15) is 38.7 Å². The molecule has 0 spiro atoms. The molecular weight excluding hydrogens is 342 g/mol. The first-order chi connectivity index (χ1) is 12.8. The Morgan fingerprint density at radius 1 is 0.963 bits per heavy atom. The lowest BCUT2D eigenvalue weighted by molar-refractivity contribution is -0.142. The minimum atomic E-state index is -0.606. The standard InChI is InChI=1S/C22H27NO4/c1-22(2,3)27-21(25)23(18-13-9-6-10-14-18)16-15-19(20(24)26-4)17-11-7-5-8-12-17/h5-14,19H,15-16H2,1-4H3. The zero-order valence-electron chi connectivity index (χ0n) is 16.3. The van der Waals surface area contributed by atoms with Gasteiger partial charge in [0, 0.05) is 12.2 Å². The van der Waals surface area contributed by atoms with Crippen LogP contribution in [0.4, 0.5) is 10.5 Å². The normalized spacial score (nSPS) is 12.1. The van der Waals surface area contributed by atoms with Crippen LogP contribution in [-0.4, -0.2) is 31.3 Å². The molecule has 0 aliphatic carbocycles. The Hall–Kier alpha value is -2.82. The van der Waals surface area contributed by atoms with Crippen LogP contribution < -0.4 is 4.90 Å². The molecule has 0 saturated carbocycles. The molecule has 0 aliphatic rings. The van der Waals surface area contributed by atoms with Crippen molar-refractivity contribution < 1.29 is 19.1 Å². The summed E-state index contributed by atoms with van der Waals surface area (Å²) < 4.78 is 10.5. The number of anilines is 1. The summed E-state index contributed by atoms with van der Waals surface area (Å²) in [6.07, 6.45) is -0.0180. The third-order valence-corrected chi connectivity index (χ3v) is 4.01. The highest BCUT2D eigenvalue weighted by Gasteiger charge is 2.27. The van der Waals surface area contributed by atoms with E-state index in [0.29, 0.717) is 13.0 Å². The number of hydrogen-bond donors (Lipinski definition) is 0. The molecule has 5 nitrogen and oxygen atoms in total. The van der Waals surface area contributed by atoms with Crippen molar-refractivity contribution in [3.05, 3.63) is 66.2 Å². The van der Waals surface area contributed by atoms with E-state index in [0.717, 1.165) is 11.3 Å². The van der Waals surface area contributed by atoms with E-state index in [2.05, 4.69) is 0 Å². The molecule has 0 aliphatic heterocycles. The van der Waals surface area contributed by atoms with Crippen molar-refractivity contribution >= 4 is 17.7 Å². The third kappa shape index (κ3) is 6.13. The number of nitrogens with zero attached hydrogens (tertiary/aromatic N) is 1. The number of benzene rings is 2. The maximum atomic E-state index is 12.7. The van der Waals surface area contributed by atoms with Crippen molar-refractivity contribution in [3.8, 4) is 0 Å². The van der Waals surface area contributed by atoms with Gasteiger partial charge in [0.2, 0.25) is 0 Å². The number of ether oxygens (including phenoxy) is 2. The van der Waals surface area contributed by atoms with Gasteiger partial charge in [-0.15, -0.1) is 0 Å². The fourth-order valence-corrected chi connectivity index (χ4v) is 2.76. The molecule has 0 fully saturated rings. The van der Waals surface area contributed by atoms with Crippen LogP contribution >= 0.6 is 0 Å². The van der Waals surface area contributed by atoms with E-state index < -0.39 is 17.6 Å². The first-order valence-corrected chi connectivity index (χ1v) is 9.00. The smallest absolute Gasteiger partial charge is 0.414 e. The predicted octanol–water partition coefficient (Wildman–Crippen LogP) is 4.78. The van der Waals surface area contributed by atoms with Crippen molar-refractivity contribution in [1.29, 1.82) is 0 Å². The van der Waals surface area contributed by atoms with E-state index in [4.69, 9.17) is 9.47 Å². The molecule has 2 aromatic rings. The maximum Gasteiger partial charge on any atom is 0.414 e. The molecule has 0 radical (unpaired) electrons. The van der Waals surface area contributed by atoms with E-state index in [1.807, 2.05) is 81.4 Å². The Morgan fingerprint density at radius 3 is 2.04 bits per heavy atom. The summed E-state index contributed by atoms with van der Waals surface area (Å²) in [6, 6.07) is 18.8. The summed E-state index contributed by atoms with van der Waals surface area (Å²) in [6.45, 7) is 5.81. The van der Waals surface area contributed by atoms with Crippen molar-refractivity contribution in [1.82, 2.24) is 0 Å². The topological polar surface area (TPSA) is 55.8 Å². The molecule has 1 atom stereocenters. The van der Waals surface area contributed by atoms with Crippen molar-refractivity contribution in [2.45, 2.75) is 38.7 Å². The lowest BCUT2D eigenvalue weighted by Crippen LogP contribution is -2.38. The second kappa shape index (κ2) is 9.21. The van der Waals surface area contributed by atoms with Gasteiger partial charge in [-0.3, -0.25) is 9.69 Å². The summed E-state index contributed by atoms with van der Waals surface area (Å²) in [4.78, 5) is 26.6. The minimum absolute atomic E-state index is 0.321. The highest BCUT2D eigenvalue weighted by molar-refractivity contribution is 5.88. The van der Waals surface area contributed by atoms with Gasteiger partial charge < -0.3 is 9.47 Å². The molecule has 0 aromatic heterocycles. The number of esters is 1. The van der Waals surface area contributed by atoms with Gasteiger partial charge in [-0.05, 0) is 44.9 Å². The average Bonchev–Trinajstić information content (AvgIpc) is 2.64. The molecule has 0 saturated heterocycles. The van der Waals surface area contributed by atoms with E-state index in [-0.39, 0.29) is 5.97 Å². The number of carbonyl (C=O) groups is 2. The zero-order valence-corrected chi connectivity index (χ0v) is 16.3. The zero-order chi connectivity index (χ0) is 19.9. The molecule has 2 rings (SSSR count). The summed E-state index contributed by atoms with van der Waals surface area (Å²) in [5.74, 6) is -0.775. The number of amides is 1. The average molecular weight is 369 g/mol. The molecule has 144 valence electrons. The van der Waals surface area contributed by atoms with Crippen LogP contribution in [0.25, 0.3) is 0 Å². The molecule has 5 heteroatoms. The monoisotopic (exact) mass is 369 g/mol. The van der Waals surface area contributed by atoms with Crippen LogP contribution in [0, 0.1) is 0 Å². The first kappa shape index (κ1) is 20.5. The minimum Gasteiger partial charge on any atom is -0.469 e. The third-order valence-electron chi connectivity index (χ3n) is 4.01. The van der Waals surface area contributed by atoms with Gasteiger partial charge in [0.1, 0.15) is 5.60 Å². The van der Waals surface area contributed by atoms with Gasteiger partial charge in [-0.25, -0.2) is 4.79 Å². The van der Waals surface area contributed by atoms with Crippen LogP contribution in [0.15, 0.2) is 60.7 Å². The van der Waals surface area contributed by atoms with Gasteiger partial charge in [0.05, 0.1) is 13.0 Å². The van der Waals surface area contributed by atoms with E-state index >= 15 is 0 Å². The Labute approximate surface area is 160 Å². The number of rotatable bonds is 6. The lowest BCUT2D eigenvalue weighted by Gasteiger charge is -2.28. The molecule has 1 unspecified atom stereocenters. The maximum absolute atomic E-state index is 12.7. The second-order valence-corrected chi connectivity index (χ2v) is 7.24. The Bertz CT molecular complexity index is 738. The molecule has 1 amide bonds. The Morgan fingerprint density at radius 2 is 1.52 bits per heavy atom. The van der Waals surface area contributed by atoms with Crippen molar-refractivity contribution in [2.24, 2.45) is 0 Å². The molecule has 0 N–H and O–H groups in total. The fraction of sp³-hybridized carbons (Fsp3) is 0.364. The van der Waals surface area contributed by atoms with Crippen LogP contribution in [0.5, 0.6) is 0 Å². The highest BCUT2D eigenvalue weighted by atomic mass is 16.6. The van der Waals surface area contributed by atoms with Crippen molar-refractivity contribution in [2.75, 3.05) is 18.6 Å². The Balaban J connectivity index is 2.23. The van der Waals surface area contributed by atoms with Crippen LogP contribution in [0.3, 0.4) is 0 Å². The molecule has 0 bridgehead atoms. The first-order valence-electron chi connectivity index (χ1n) is 9.00. The summed E-state index contributed by atoms with van der Waals surface area (Å²) in [5, 5.41) is 0. The fourth-order valence-electron chi connectivity index (χ4n) is 2.76. The SMILES string of the molecule is COC(=O)C(CCN(C(=O)OC(C)(C)C)c1ccccc1)c1ccccc1. The summed E-state index contributed by atoms with van der Waals surface area (Å²) in [5.41, 5.74) is 0.982. The largest absolute Gasteiger partial charge is 0.469 e. The van der Waals surface area contributed by atoms with E-state index in [1.54, 1.807) is 4.90 Å². The predicted molar refractivity (Wildman–Crippen MR) is 106 cm³/mol. The molecule has 2 aromatic carbocycles. The molecular formula is C22H27NO4.